The lowest BCUT2D eigenvalue weighted by molar-refractivity contribution is -0.141. The number of benzene rings is 1. The molecule has 0 aliphatic heterocycles. The van der Waals surface area contributed by atoms with Gasteiger partial charge in [0.15, 0.2) is 0 Å². The van der Waals surface area contributed by atoms with Crippen molar-refractivity contribution < 1.29 is 9.90 Å². The molecule has 0 heterocycles. The Morgan fingerprint density at radius 3 is 2.42 bits per heavy atom. The van der Waals surface area contributed by atoms with E-state index in [1.807, 2.05) is 6.92 Å². The molecule has 3 N–H and O–H groups in total. The molecule has 2 unspecified atom stereocenters. The van der Waals surface area contributed by atoms with Crippen LogP contribution in [0.3, 0.4) is 0 Å². The molecular formula is C13H16Cl3NO2. The van der Waals surface area contributed by atoms with Gasteiger partial charge in [0.2, 0.25) is 0 Å². The second kappa shape index (κ2) is 7.34. The van der Waals surface area contributed by atoms with Crippen LogP contribution in [0.4, 0.5) is 0 Å². The molecule has 0 saturated carbocycles. The lowest BCUT2D eigenvalue weighted by Gasteiger charge is -2.18. The minimum Gasteiger partial charge on any atom is -0.481 e. The summed E-state index contributed by atoms with van der Waals surface area (Å²) < 4.78 is 0. The first kappa shape index (κ1) is 16.6. The van der Waals surface area contributed by atoms with E-state index in [9.17, 15) is 4.79 Å². The van der Waals surface area contributed by atoms with Gasteiger partial charge in [0.05, 0.1) is 16.0 Å². The van der Waals surface area contributed by atoms with E-state index < -0.39 is 11.9 Å². The molecule has 0 aromatic heterocycles. The monoisotopic (exact) mass is 323 g/mol. The first-order valence-electron chi connectivity index (χ1n) is 5.92. The first-order chi connectivity index (χ1) is 8.86. The number of nitrogens with two attached hydrogens (primary N) is 1. The largest absolute Gasteiger partial charge is 0.481 e. The zero-order valence-electron chi connectivity index (χ0n) is 10.5. The molecule has 0 aliphatic rings. The maximum absolute atomic E-state index is 11.0. The van der Waals surface area contributed by atoms with E-state index in [0.29, 0.717) is 27.9 Å². The van der Waals surface area contributed by atoms with E-state index in [-0.39, 0.29) is 12.5 Å². The summed E-state index contributed by atoms with van der Waals surface area (Å²) in [5.41, 5.74) is 6.20. The zero-order chi connectivity index (χ0) is 14.6. The lowest BCUT2D eigenvalue weighted by Crippen LogP contribution is -2.25. The number of carboxylic acids is 1. The fourth-order valence-electron chi connectivity index (χ4n) is 1.97. The molecule has 0 bridgehead atoms. The van der Waals surface area contributed by atoms with E-state index in [1.54, 1.807) is 12.1 Å². The third kappa shape index (κ3) is 4.53. The minimum atomic E-state index is -0.877. The van der Waals surface area contributed by atoms with Crippen molar-refractivity contribution in [1.82, 2.24) is 0 Å². The number of carboxylic acid groups (broad SMARTS) is 1. The molecule has 6 heteroatoms. The summed E-state index contributed by atoms with van der Waals surface area (Å²) in [6.45, 7) is 2.07. The molecule has 0 amide bonds. The predicted molar refractivity (Wildman–Crippen MR) is 79.1 cm³/mol. The van der Waals surface area contributed by atoms with Crippen molar-refractivity contribution in [3.05, 3.63) is 32.8 Å². The van der Waals surface area contributed by atoms with Crippen LogP contribution in [0.1, 0.15) is 18.9 Å². The Bertz CT molecular complexity index is 465. The zero-order valence-corrected chi connectivity index (χ0v) is 12.8. The van der Waals surface area contributed by atoms with Gasteiger partial charge in [-0.25, -0.2) is 0 Å². The van der Waals surface area contributed by atoms with Crippen molar-refractivity contribution in [2.45, 2.75) is 19.8 Å². The van der Waals surface area contributed by atoms with E-state index in [1.165, 1.54) is 0 Å². The molecule has 3 nitrogen and oxygen atoms in total. The van der Waals surface area contributed by atoms with Crippen LogP contribution in [0.2, 0.25) is 15.1 Å². The van der Waals surface area contributed by atoms with Crippen LogP contribution >= 0.6 is 34.8 Å². The molecule has 0 fully saturated rings. The van der Waals surface area contributed by atoms with Gasteiger partial charge < -0.3 is 10.8 Å². The summed E-state index contributed by atoms with van der Waals surface area (Å²) in [7, 11) is 0. The second-order valence-corrected chi connectivity index (χ2v) is 5.83. The molecule has 0 spiro atoms. The smallest absolute Gasteiger partial charge is 0.307 e. The topological polar surface area (TPSA) is 63.3 Å². The normalized spacial score (nSPS) is 14.2. The van der Waals surface area contributed by atoms with Gasteiger partial charge in [-0.3, -0.25) is 4.79 Å². The van der Waals surface area contributed by atoms with E-state index in [0.717, 1.165) is 5.56 Å². The quantitative estimate of drug-likeness (QED) is 0.781. The van der Waals surface area contributed by atoms with Gasteiger partial charge in [-0.2, -0.15) is 0 Å². The number of hydrogen-bond donors (Lipinski definition) is 2. The summed E-state index contributed by atoms with van der Waals surface area (Å²) in [6.07, 6.45) is 1.05. The highest BCUT2D eigenvalue weighted by Crippen LogP contribution is 2.33. The molecule has 1 aromatic carbocycles. The molecule has 19 heavy (non-hydrogen) atoms. The van der Waals surface area contributed by atoms with E-state index >= 15 is 0 Å². The van der Waals surface area contributed by atoms with Crippen molar-refractivity contribution >= 4 is 40.8 Å². The van der Waals surface area contributed by atoms with E-state index in [4.69, 9.17) is 45.6 Å². The van der Waals surface area contributed by atoms with Gasteiger partial charge in [-0.05, 0) is 36.5 Å². The summed E-state index contributed by atoms with van der Waals surface area (Å²) in [5.74, 6) is -1.33. The number of halogens is 3. The van der Waals surface area contributed by atoms with Gasteiger partial charge >= 0.3 is 5.97 Å². The predicted octanol–water partition coefficient (Wildman–Crippen LogP) is 3.88. The van der Waals surface area contributed by atoms with Crippen LogP contribution in [0.5, 0.6) is 0 Å². The Balaban J connectivity index is 2.80. The van der Waals surface area contributed by atoms with Crippen LogP contribution in [-0.4, -0.2) is 17.6 Å². The van der Waals surface area contributed by atoms with Gasteiger partial charge in [0.1, 0.15) is 0 Å². The third-order valence-corrected chi connectivity index (χ3v) is 4.21. The third-order valence-electron chi connectivity index (χ3n) is 3.01. The molecule has 106 valence electrons. The number of aliphatic carboxylic acids is 1. The Hall–Kier alpha value is -0.480. The Kier molecular flexibility index (Phi) is 6.40. The Morgan fingerprint density at radius 1 is 1.32 bits per heavy atom. The fourth-order valence-corrected chi connectivity index (χ4v) is 2.67. The number of rotatable bonds is 6. The van der Waals surface area contributed by atoms with Crippen molar-refractivity contribution in [2.24, 2.45) is 17.6 Å². The summed E-state index contributed by atoms with van der Waals surface area (Å²) in [4.78, 5) is 11.0. The van der Waals surface area contributed by atoms with Gasteiger partial charge in [0.25, 0.3) is 0 Å². The fraction of sp³-hybridized carbons (Fsp3) is 0.462. The highest BCUT2D eigenvalue weighted by Gasteiger charge is 2.20. The maximum Gasteiger partial charge on any atom is 0.307 e. The summed E-state index contributed by atoms with van der Waals surface area (Å²) in [5, 5.41) is 10.4. The molecule has 1 aromatic rings. The average molecular weight is 325 g/mol. The summed E-state index contributed by atoms with van der Waals surface area (Å²) in [6, 6.07) is 3.33. The molecule has 2 atom stereocenters. The van der Waals surface area contributed by atoms with Crippen molar-refractivity contribution in [3.63, 3.8) is 0 Å². The van der Waals surface area contributed by atoms with Crippen LogP contribution in [-0.2, 0) is 11.2 Å². The standard InChI is InChI=1S/C13H16Cl3NO2/c1-7(4-8(6-17)13(18)19)5-9-10(14)2-3-11(15)12(9)16/h2-3,7-8H,4-6,17H2,1H3,(H,18,19). The van der Waals surface area contributed by atoms with Gasteiger partial charge in [0, 0.05) is 11.6 Å². The van der Waals surface area contributed by atoms with Crippen molar-refractivity contribution in [3.8, 4) is 0 Å². The first-order valence-corrected chi connectivity index (χ1v) is 7.05. The van der Waals surface area contributed by atoms with Gasteiger partial charge in [-0.1, -0.05) is 41.7 Å². The summed E-state index contributed by atoms with van der Waals surface area (Å²) >= 11 is 18.2. The van der Waals surface area contributed by atoms with Crippen LogP contribution in [0.15, 0.2) is 12.1 Å². The minimum absolute atomic E-state index is 0.0955. The Morgan fingerprint density at radius 2 is 1.89 bits per heavy atom. The number of hydrogen-bond acceptors (Lipinski definition) is 2. The molecule has 0 saturated heterocycles. The molecule has 1 rings (SSSR count). The second-order valence-electron chi connectivity index (χ2n) is 4.64. The SMILES string of the molecule is CC(Cc1c(Cl)ccc(Cl)c1Cl)CC(CN)C(=O)O. The molecular weight excluding hydrogens is 309 g/mol. The van der Waals surface area contributed by atoms with E-state index in [2.05, 4.69) is 0 Å². The van der Waals surface area contributed by atoms with Crippen LogP contribution < -0.4 is 5.73 Å². The number of carbonyl (C=O) groups is 1. The van der Waals surface area contributed by atoms with Crippen LogP contribution in [0, 0.1) is 11.8 Å². The Labute approximate surface area is 127 Å². The van der Waals surface area contributed by atoms with Crippen LogP contribution in [0.25, 0.3) is 0 Å². The lowest BCUT2D eigenvalue weighted by atomic mass is 9.91. The maximum atomic E-state index is 11.0. The van der Waals surface area contributed by atoms with Crippen molar-refractivity contribution in [2.75, 3.05) is 6.54 Å². The molecule has 0 radical (unpaired) electrons. The van der Waals surface area contributed by atoms with Gasteiger partial charge in [-0.15, -0.1) is 0 Å². The highest BCUT2D eigenvalue weighted by atomic mass is 35.5. The average Bonchev–Trinajstić information content (AvgIpc) is 2.36. The highest BCUT2D eigenvalue weighted by molar-refractivity contribution is 6.44. The van der Waals surface area contributed by atoms with Crippen molar-refractivity contribution in [1.29, 1.82) is 0 Å². The molecule has 0 aliphatic carbocycles.